The predicted octanol–water partition coefficient (Wildman–Crippen LogP) is 3.43. The Balaban J connectivity index is 2.50. The molecule has 0 amide bonds. The first kappa shape index (κ1) is 13.0. The number of rotatable bonds is 5. The number of nitriles is 1. The lowest BCUT2D eigenvalue weighted by Gasteiger charge is -2.14. The van der Waals surface area contributed by atoms with Gasteiger partial charge in [0, 0.05) is 12.5 Å². The molecule has 4 heteroatoms. The van der Waals surface area contributed by atoms with E-state index in [0.717, 1.165) is 18.5 Å². The first-order valence-corrected chi connectivity index (χ1v) is 5.58. The van der Waals surface area contributed by atoms with E-state index in [9.17, 15) is 4.39 Å². The van der Waals surface area contributed by atoms with Crippen molar-refractivity contribution in [2.45, 2.75) is 25.8 Å². The summed E-state index contributed by atoms with van der Waals surface area (Å²) in [7, 11) is 0. The van der Waals surface area contributed by atoms with Crippen LogP contribution in [0.1, 0.15) is 31.4 Å². The zero-order valence-corrected chi connectivity index (χ0v) is 9.89. The lowest BCUT2D eigenvalue weighted by atomic mass is 10.1. The Hall–Kier alpha value is -1.11. The second kappa shape index (κ2) is 6.47. The van der Waals surface area contributed by atoms with Gasteiger partial charge in [-0.05, 0) is 37.6 Å². The fraction of sp³-hybridized carbons (Fsp3) is 0.417. The number of benzene rings is 1. The van der Waals surface area contributed by atoms with E-state index in [4.69, 9.17) is 16.9 Å². The van der Waals surface area contributed by atoms with Gasteiger partial charge in [0.05, 0.1) is 11.1 Å². The van der Waals surface area contributed by atoms with E-state index in [-0.39, 0.29) is 11.1 Å². The van der Waals surface area contributed by atoms with Crippen molar-refractivity contribution in [3.8, 4) is 6.07 Å². The molecule has 1 atom stereocenters. The SMILES string of the molecule is CC(NCCCC#N)c1ccc(F)c(Cl)c1. The third-order valence-electron chi connectivity index (χ3n) is 2.36. The smallest absolute Gasteiger partial charge is 0.141 e. The van der Waals surface area contributed by atoms with Crippen LogP contribution in [0.4, 0.5) is 4.39 Å². The first-order chi connectivity index (χ1) is 7.65. The summed E-state index contributed by atoms with van der Waals surface area (Å²) in [5, 5.41) is 11.8. The molecule has 1 aromatic carbocycles. The van der Waals surface area contributed by atoms with E-state index < -0.39 is 5.82 Å². The Labute approximate surface area is 100 Å². The molecule has 0 radical (unpaired) electrons. The lowest BCUT2D eigenvalue weighted by Crippen LogP contribution is -2.19. The van der Waals surface area contributed by atoms with E-state index in [1.165, 1.54) is 6.07 Å². The fourth-order valence-corrected chi connectivity index (χ4v) is 1.57. The molecule has 0 fully saturated rings. The number of hydrogen-bond donors (Lipinski definition) is 1. The van der Waals surface area contributed by atoms with Crippen molar-refractivity contribution < 1.29 is 4.39 Å². The second-order valence-corrected chi connectivity index (χ2v) is 4.02. The summed E-state index contributed by atoms with van der Waals surface area (Å²) in [6.45, 7) is 2.75. The second-order valence-electron chi connectivity index (χ2n) is 3.61. The number of unbranched alkanes of at least 4 members (excludes halogenated alkanes) is 1. The topological polar surface area (TPSA) is 35.8 Å². The molecule has 0 aliphatic rings. The summed E-state index contributed by atoms with van der Waals surface area (Å²) in [5.41, 5.74) is 0.948. The first-order valence-electron chi connectivity index (χ1n) is 5.20. The van der Waals surface area contributed by atoms with Gasteiger partial charge >= 0.3 is 0 Å². The molecule has 1 N–H and O–H groups in total. The molecule has 0 bridgehead atoms. The average Bonchev–Trinajstić information content (AvgIpc) is 2.28. The molecular weight excluding hydrogens is 227 g/mol. The van der Waals surface area contributed by atoms with Gasteiger partial charge in [0.1, 0.15) is 5.82 Å². The zero-order valence-electron chi connectivity index (χ0n) is 9.13. The monoisotopic (exact) mass is 240 g/mol. The minimum atomic E-state index is -0.401. The fourth-order valence-electron chi connectivity index (χ4n) is 1.39. The van der Waals surface area contributed by atoms with Gasteiger partial charge in [-0.25, -0.2) is 4.39 Å². The maximum Gasteiger partial charge on any atom is 0.141 e. The minimum Gasteiger partial charge on any atom is -0.310 e. The van der Waals surface area contributed by atoms with Crippen LogP contribution in [0.2, 0.25) is 5.02 Å². The van der Waals surface area contributed by atoms with Gasteiger partial charge < -0.3 is 5.32 Å². The van der Waals surface area contributed by atoms with Crippen LogP contribution >= 0.6 is 11.6 Å². The molecule has 86 valence electrons. The van der Waals surface area contributed by atoms with E-state index in [0.29, 0.717) is 6.42 Å². The highest BCUT2D eigenvalue weighted by molar-refractivity contribution is 6.30. The van der Waals surface area contributed by atoms with Crippen LogP contribution < -0.4 is 5.32 Å². The molecule has 16 heavy (non-hydrogen) atoms. The van der Waals surface area contributed by atoms with E-state index in [2.05, 4.69) is 11.4 Å². The number of nitrogens with zero attached hydrogens (tertiary/aromatic N) is 1. The highest BCUT2D eigenvalue weighted by atomic mass is 35.5. The molecule has 2 nitrogen and oxygen atoms in total. The maximum absolute atomic E-state index is 12.9. The van der Waals surface area contributed by atoms with Crippen molar-refractivity contribution in [2.75, 3.05) is 6.54 Å². The van der Waals surface area contributed by atoms with Crippen molar-refractivity contribution in [2.24, 2.45) is 0 Å². The van der Waals surface area contributed by atoms with Crippen LogP contribution in [0.5, 0.6) is 0 Å². The molecular formula is C12H14ClFN2. The van der Waals surface area contributed by atoms with E-state index in [1.807, 2.05) is 6.92 Å². The number of hydrogen-bond acceptors (Lipinski definition) is 2. The largest absolute Gasteiger partial charge is 0.310 e. The molecule has 0 heterocycles. The molecule has 0 spiro atoms. The van der Waals surface area contributed by atoms with Crippen molar-refractivity contribution >= 4 is 11.6 Å². The van der Waals surface area contributed by atoms with Crippen LogP contribution in [-0.4, -0.2) is 6.54 Å². The Bertz CT molecular complexity index is 387. The molecule has 0 aromatic heterocycles. The lowest BCUT2D eigenvalue weighted by molar-refractivity contribution is 0.559. The summed E-state index contributed by atoms with van der Waals surface area (Å²) in [6.07, 6.45) is 1.36. The molecule has 0 aliphatic heterocycles. The zero-order chi connectivity index (χ0) is 12.0. The Morgan fingerprint density at radius 1 is 1.56 bits per heavy atom. The van der Waals surface area contributed by atoms with Gasteiger partial charge in [-0.2, -0.15) is 5.26 Å². The quantitative estimate of drug-likeness (QED) is 0.801. The highest BCUT2D eigenvalue weighted by Crippen LogP contribution is 2.20. The summed E-state index contributed by atoms with van der Waals surface area (Å²) in [6, 6.07) is 6.90. The highest BCUT2D eigenvalue weighted by Gasteiger charge is 2.07. The van der Waals surface area contributed by atoms with Crippen molar-refractivity contribution in [1.29, 1.82) is 5.26 Å². The molecule has 1 rings (SSSR count). The van der Waals surface area contributed by atoms with Crippen LogP contribution in [0.25, 0.3) is 0 Å². The average molecular weight is 241 g/mol. The van der Waals surface area contributed by atoms with Crippen LogP contribution in [-0.2, 0) is 0 Å². The standard InChI is InChI=1S/C12H14ClFN2/c1-9(16-7-3-2-6-15)10-4-5-12(14)11(13)8-10/h4-5,8-9,16H,2-3,7H2,1H3. The summed E-state index contributed by atoms with van der Waals surface area (Å²) in [5.74, 6) is -0.401. The van der Waals surface area contributed by atoms with Gasteiger partial charge in [0.25, 0.3) is 0 Å². The molecule has 1 aromatic rings. The van der Waals surface area contributed by atoms with Crippen molar-refractivity contribution in [1.82, 2.24) is 5.32 Å². The van der Waals surface area contributed by atoms with Crippen molar-refractivity contribution in [3.63, 3.8) is 0 Å². The Morgan fingerprint density at radius 3 is 2.94 bits per heavy atom. The van der Waals surface area contributed by atoms with Crippen LogP contribution in [0.15, 0.2) is 18.2 Å². The van der Waals surface area contributed by atoms with Crippen LogP contribution in [0.3, 0.4) is 0 Å². The number of halogens is 2. The van der Waals surface area contributed by atoms with Gasteiger partial charge in [0.2, 0.25) is 0 Å². The minimum absolute atomic E-state index is 0.108. The molecule has 0 aliphatic carbocycles. The van der Waals surface area contributed by atoms with Gasteiger partial charge in [-0.15, -0.1) is 0 Å². The molecule has 1 unspecified atom stereocenters. The summed E-state index contributed by atoms with van der Waals surface area (Å²) in [4.78, 5) is 0. The Kier molecular flexibility index (Phi) is 5.24. The van der Waals surface area contributed by atoms with Gasteiger partial charge in [-0.1, -0.05) is 17.7 Å². The van der Waals surface area contributed by atoms with E-state index >= 15 is 0 Å². The van der Waals surface area contributed by atoms with Gasteiger partial charge in [0.15, 0.2) is 0 Å². The van der Waals surface area contributed by atoms with Crippen LogP contribution in [0, 0.1) is 17.1 Å². The normalized spacial score (nSPS) is 12.1. The molecule has 0 saturated heterocycles. The van der Waals surface area contributed by atoms with E-state index in [1.54, 1.807) is 12.1 Å². The number of nitrogens with one attached hydrogen (secondary N) is 1. The van der Waals surface area contributed by atoms with Gasteiger partial charge in [-0.3, -0.25) is 0 Å². The third-order valence-corrected chi connectivity index (χ3v) is 2.65. The molecule has 0 saturated carbocycles. The summed E-state index contributed by atoms with van der Waals surface area (Å²) < 4.78 is 12.9. The maximum atomic E-state index is 12.9. The predicted molar refractivity (Wildman–Crippen MR) is 62.7 cm³/mol. The van der Waals surface area contributed by atoms with Crippen molar-refractivity contribution in [3.05, 3.63) is 34.6 Å². The third kappa shape index (κ3) is 3.80. The summed E-state index contributed by atoms with van der Waals surface area (Å²) >= 11 is 5.70. The Morgan fingerprint density at radius 2 is 2.31 bits per heavy atom.